The maximum Gasteiger partial charge on any atom is 0.273 e. The molecule has 2 rings (SSSR count). The first-order valence-corrected chi connectivity index (χ1v) is 6.93. The Morgan fingerprint density at radius 3 is 2.75 bits per heavy atom. The van der Waals surface area contributed by atoms with Crippen LogP contribution in [0.2, 0.25) is 0 Å². The van der Waals surface area contributed by atoms with Crippen LogP contribution >= 0.6 is 28.1 Å². The lowest BCUT2D eigenvalue weighted by molar-refractivity contribution is 0.0942. The molecular formula is C13H12BrN3O2S. The number of carbonyl (C=O) groups excluding carboxylic acids is 1. The predicted molar refractivity (Wildman–Crippen MR) is 84.4 cm³/mol. The van der Waals surface area contributed by atoms with Gasteiger partial charge in [-0.3, -0.25) is 15.6 Å². The van der Waals surface area contributed by atoms with Crippen molar-refractivity contribution in [3.63, 3.8) is 0 Å². The molecule has 1 amide bonds. The highest BCUT2D eigenvalue weighted by atomic mass is 79.9. The molecule has 3 N–H and O–H groups in total. The number of halogens is 1. The zero-order valence-electron chi connectivity index (χ0n) is 10.6. The first-order chi connectivity index (χ1) is 9.56. The molecule has 0 saturated heterocycles. The second-order valence-electron chi connectivity index (χ2n) is 3.93. The third-order valence-electron chi connectivity index (χ3n) is 2.48. The Labute approximate surface area is 129 Å². The number of hydrogen-bond acceptors (Lipinski definition) is 3. The number of amides is 1. The molecule has 20 heavy (non-hydrogen) atoms. The Hall–Kier alpha value is -1.86. The number of hydrazine groups is 1. The van der Waals surface area contributed by atoms with Crippen molar-refractivity contribution < 1.29 is 9.21 Å². The molecule has 0 bridgehead atoms. The zero-order chi connectivity index (χ0) is 14.5. The fourth-order valence-electron chi connectivity index (χ4n) is 1.53. The molecule has 7 heteroatoms. The van der Waals surface area contributed by atoms with Crippen molar-refractivity contribution in [3.05, 3.63) is 52.4 Å². The van der Waals surface area contributed by atoms with Crippen LogP contribution in [0.4, 0.5) is 5.69 Å². The Bertz CT molecular complexity index is 642. The van der Waals surface area contributed by atoms with E-state index in [2.05, 4.69) is 32.1 Å². The van der Waals surface area contributed by atoms with Crippen LogP contribution in [0.3, 0.4) is 0 Å². The molecule has 2 aromatic rings. The van der Waals surface area contributed by atoms with E-state index in [0.29, 0.717) is 11.3 Å². The van der Waals surface area contributed by atoms with E-state index in [9.17, 15) is 4.79 Å². The van der Waals surface area contributed by atoms with E-state index >= 15 is 0 Å². The highest BCUT2D eigenvalue weighted by Crippen LogP contribution is 2.15. The molecule has 104 valence electrons. The SMILES string of the molecule is Cc1occc1C(=O)NNC(=S)Nc1cccc(Br)c1. The van der Waals surface area contributed by atoms with Crippen LogP contribution in [-0.2, 0) is 0 Å². The zero-order valence-corrected chi connectivity index (χ0v) is 13.0. The van der Waals surface area contributed by atoms with Crippen molar-refractivity contribution in [1.29, 1.82) is 0 Å². The monoisotopic (exact) mass is 353 g/mol. The number of rotatable bonds is 2. The number of hydrogen-bond donors (Lipinski definition) is 3. The predicted octanol–water partition coefficient (Wildman–Crippen LogP) is 2.98. The molecule has 1 heterocycles. The summed E-state index contributed by atoms with van der Waals surface area (Å²) in [5.74, 6) is 0.241. The third-order valence-corrected chi connectivity index (χ3v) is 3.17. The van der Waals surface area contributed by atoms with Crippen molar-refractivity contribution in [3.8, 4) is 0 Å². The van der Waals surface area contributed by atoms with Gasteiger partial charge in [0.05, 0.1) is 11.8 Å². The molecule has 0 fully saturated rings. The van der Waals surface area contributed by atoms with Crippen LogP contribution < -0.4 is 16.2 Å². The Morgan fingerprint density at radius 2 is 2.10 bits per heavy atom. The second-order valence-corrected chi connectivity index (χ2v) is 5.26. The third kappa shape index (κ3) is 3.82. The van der Waals surface area contributed by atoms with E-state index in [1.165, 1.54) is 6.26 Å². The molecule has 0 unspecified atom stereocenters. The van der Waals surface area contributed by atoms with Gasteiger partial charge < -0.3 is 9.73 Å². The molecule has 0 aliphatic heterocycles. The standard InChI is InChI=1S/C13H12BrN3O2S/c1-8-11(5-6-19-8)12(18)16-17-13(20)15-10-4-2-3-9(14)7-10/h2-7H,1H3,(H,16,18)(H2,15,17,20). The van der Waals surface area contributed by atoms with Gasteiger partial charge in [0.15, 0.2) is 5.11 Å². The minimum Gasteiger partial charge on any atom is -0.469 e. The molecule has 5 nitrogen and oxygen atoms in total. The van der Waals surface area contributed by atoms with E-state index in [0.717, 1.165) is 10.2 Å². The summed E-state index contributed by atoms with van der Waals surface area (Å²) in [6.45, 7) is 1.72. The Morgan fingerprint density at radius 1 is 1.30 bits per heavy atom. The van der Waals surface area contributed by atoms with Crippen LogP contribution in [0.25, 0.3) is 0 Å². The van der Waals surface area contributed by atoms with Gasteiger partial charge in [-0.15, -0.1) is 0 Å². The number of carbonyl (C=O) groups is 1. The normalized spacial score (nSPS) is 9.90. The fraction of sp³-hybridized carbons (Fsp3) is 0.0769. The van der Waals surface area contributed by atoms with E-state index in [1.54, 1.807) is 13.0 Å². The minimum atomic E-state index is -0.311. The average Bonchev–Trinajstić information content (AvgIpc) is 2.82. The van der Waals surface area contributed by atoms with Crippen LogP contribution in [0, 0.1) is 6.92 Å². The van der Waals surface area contributed by atoms with E-state index in [1.807, 2.05) is 24.3 Å². The number of nitrogens with one attached hydrogen (secondary N) is 3. The van der Waals surface area contributed by atoms with Gasteiger partial charge in [-0.1, -0.05) is 22.0 Å². The molecular weight excluding hydrogens is 342 g/mol. The molecule has 1 aromatic carbocycles. The van der Waals surface area contributed by atoms with Crippen LogP contribution in [0.1, 0.15) is 16.1 Å². The molecule has 0 aliphatic rings. The summed E-state index contributed by atoms with van der Waals surface area (Å²) in [7, 11) is 0. The average molecular weight is 354 g/mol. The summed E-state index contributed by atoms with van der Waals surface area (Å²) < 4.78 is 5.99. The summed E-state index contributed by atoms with van der Waals surface area (Å²) in [6.07, 6.45) is 1.46. The van der Waals surface area contributed by atoms with Crippen molar-refractivity contribution in [1.82, 2.24) is 10.9 Å². The lowest BCUT2D eigenvalue weighted by Gasteiger charge is -2.11. The Balaban J connectivity index is 1.87. The van der Waals surface area contributed by atoms with Crippen molar-refractivity contribution >= 4 is 44.9 Å². The summed E-state index contributed by atoms with van der Waals surface area (Å²) >= 11 is 8.45. The molecule has 0 aliphatic carbocycles. The number of thiocarbonyl (C=S) groups is 1. The smallest absolute Gasteiger partial charge is 0.273 e. The van der Waals surface area contributed by atoms with E-state index in [4.69, 9.17) is 16.6 Å². The summed E-state index contributed by atoms with van der Waals surface area (Å²) in [6, 6.07) is 9.11. The highest BCUT2D eigenvalue weighted by molar-refractivity contribution is 9.10. The molecule has 0 atom stereocenters. The molecule has 0 spiro atoms. The summed E-state index contributed by atoms with van der Waals surface area (Å²) in [5, 5.41) is 3.24. The van der Waals surface area contributed by atoms with Crippen LogP contribution in [-0.4, -0.2) is 11.0 Å². The van der Waals surface area contributed by atoms with Gasteiger partial charge in [0.2, 0.25) is 0 Å². The molecule has 0 radical (unpaired) electrons. The number of furan rings is 1. The second kappa shape index (κ2) is 6.53. The number of aryl methyl sites for hydroxylation is 1. The maximum atomic E-state index is 11.8. The van der Waals surface area contributed by atoms with Crippen LogP contribution in [0.5, 0.6) is 0 Å². The first kappa shape index (κ1) is 14.5. The molecule has 0 saturated carbocycles. The fourth-order valence-corrected chi connectivity index (χ4v) is 2.10. The van der Waals surface area contributed by atoms with Gasteiger partial charge in [-0.2, -0.15) is 0 Å². The first-order valence-electron chi connectivity index (χ1n) is 5.73. The largest absolute Gasteiger partial charge is 0.469 e. The number of anilines is 1. The topological polar surface area (TPSA) is 66.3 Å². The van der Waals surface area contributed by atoms with Gasteiger partial charge in [0.25, 0.3) is 5.91 Å². The van der Waals surface area contributed by atoms with Crippen LogP contribution in [0.15, 0.2) is 45.5 Å². The quantitative estimate of drug-likeness (QED) is 0.572. The molecule has 1 aromatic heterocycles. The van der Waals surface area contributed by atoms with Crippen molar-refractivity contribution in [2.75, 3.05) is 5.32 Å². The highest BCUT2D eigenvalue weighted by Gasteiger charge is 2.11. The maximum absolute atomic E-state index is 11.8. The minimum absolute atomic E-state index is 0.289. The van der Waals surface area contributed by atoms with E-state index < -0.39 is 0 Å². The van der Waals surface area contributed by atoms with Crippen molar-refractivity contribution in [2.45, 2.75) is 6.92 Å². The van der Waals surface area contributed by atoms with Gasteiger partial charge in [0, 0.05) is 10.2 Å². The summed E-state index contributed by atoms with van der Waals surface area (Å²) in [4.78, 5) is 11.8. The lowest BCUT2D eigenvalue weighted by atomic mass is 10.2. The van der Waals surface area contributed by atoms with Gasteiger partial charge >= 0.3 is 0 Å². The van der Waals surface area contributed by atoms with Gasteiger partial charge in [-0.25, -0.2) is 0 Å². The van der Waals surface area contributed by atoms with Crippen molar-refractivity contribution in [2.24, 2.45) is 0 Å². The Kier molecular flexibility index (Phi) is 4.75. The van der Waals surface area contributed by atoms with Gasteiger partial charge in [0.1, 0.15) is 5.76 Å². The van der Waals surface area contributed by atoms with E-state index in [-0.39, 0.29) is 11.0 Å². The number of benzene rings is 1. The van der Waals surface area contributed by atoms with Gasteiger partial charge in [-0.05, 0) is 43.4 Å². The lowest BCUT2D eigenvalue weighted by Crippen LogP contribution is -2.43. The summed E-state index contributed by atoms with van der Waals surface area (Å²) in [5.41, 5.74) is 6.40.